The predicted molar refractivity (Wildman–Crippen MR) is 158 cm³/mol. The Labute approximate surface area is 253 Å². The number of aromatic nitrogens is 2. The number of nitrogens with one attached hydrogen (secondary N) is 1. The lowest BCUT2D eigenvalue weighted by Crippen LogP contribution is -2.38. The predicted octanol–water partition coefficient (Wildman–Crippen LogP) is 5.38. The number of carbonyl (C=O) groups excluding carboxylic acids is 2. The maximum atomic E-state index is 13.7. The van der Waals surface area contributed by atoms with Crippen molar-refractivity contribution < 1.29 is 23.5 Å². The second-order valence-corrected chi connectivity index (χ2v) is 11.8. The maximum Gasteiger partial charge on any atom is 0.234 e. The summed E-state index contributed by atoms with van der Waals surface area (Å²) in [6.45, 7) is 0. The van der Waals surface area contributed by atoms with Gasteiger partial charge >= 0.3 is 0 Å². The van der Waals surface area contributed by atoms with E-state index in [1.165, 1.54) is 37.7 Å². The van der Waals surface area contributed by atoms with E-state index in [1.54, 1.807) is 29.2 Å². The third-order valence-corrected chi connectivity index (χ3v) is 9.12. The molecule has 2 aliphatic rings. The molecule has 0 saturated carbocycles. The average molecular weight is 627 g/mol. The molecule has 0 bridgehead atoms. The summed E-state index contributed by atoms with van der Waals surface area (Å²) in [6, 6.07) is 11.0. The molecule has 42 heavy (non-hydrogen) atoms. The Morgan fingerprint density at radius 1 is 1.24 bits per heavy atom. The molecule has 10 nitrogen and oxygen atoms in total. The third kappa shape index (κ3) is 5.65. The summed E-state index contributed by atoms with van der Waals surface area (Å²) in [4.78, 5) is 27.6. The van der Waals surface area contributed by atoms with E-state index in [4.69, 9.17) is 26.8 Å². The molecule has 1 aliphatic heterocycles. The normalized spacial score (nSPS) is 16.7. The number of halogens is 2. The first kappa shape index (κ1) is 29.4. The Morgan fingerprint density at radius 2 is 1.98 bits per heavy atom. The van der Waals surface area contributed by atoms with Gasteiger partial charge in [0.25, 0.3) is 0 Å². The highest BCUT2D eigenvalue weighted by atomic mass is 35.5. The Kier molecular flexibility index (Phi) is 8.67. The van der Waals surface area contributed by atoms with E-state index >= 15 is 0 Å². The van der Waals surface area contributed by atoms with Gasteiger partial charge in [-0.25, -0.2) is 4.39 Å². The molecule has 3 aromatic rings. The molecule has 3 N–H and O–H groups in total. The van der Waals surface area contributed by atoms with Crippen LogP contribution in [0.1, 0.15) is 30.7 Å². The summed E-state index contributed by atoms with van der Waals surface area (Å²) >= 11 is 8.54. The van der Waals surface area contributed by atoms with Crippen LogP contribution in [0.15, 0.2) is 63.4 Å². The van der Waals surface area contributed by atoms with Crippen molar-refractivity contribution in [2.45, 2.75) is 29.5 Å². The molecular formula is C28H24ClFN6O4S2. The smallest absolute Gasteiger partial charge is 0.234 e. The van der Waals surface area contributed by atoms with Gasteiger partial charge in [-0.2, -0.15) is 5.26 Å². The van der Waals surface area contributed by atoms with Gasteiger partial charge in [0.1, 0.15) is 23.1 Å². The zero-order chi connectivity index (χ0) is 30.0. The molecule has 1 aromatic heterocycles. The van der Waals surface area contributed by atoms with Crippen molar-refractivity contribution in [2.75, 3.05) is 30.2 Å². The molecule has 1 unspecified atom stereocenters. The van der Waals surface area contributed by atoms with Gasteiger partial charge in [0, 0.05) is 23.8 Å². The third-order valence-electron chi connectivity index (χ3n) is 6.78. The van der Waals surface area contributed by atoms with E-state index in [0.717, 1.165) is 11.8 Å². The monoisotopic (exact) mass is 626 g/mol. The molecule has 14 heteroatoms. The second-order valence-electron chi connectivity index (χ2n) is 9.24. The summed E-state index contributed by atoms with van der Waals surface area (Å²) in [5, 5.41) is 22.1. The van der Waals surface area contributed by atoms with Crippen LogP contribution in [-0.2, 0) is 9.59 Å². The number of carbonyl (C=O) groups is 2. The van der Waals surface area contributed by atoms with Gasteiger partial charge in [-0.15, -0.1) is 10.2 Å². The van der Waals surface area contributed by atoms with Gasteiger partial charge in [-0.1, -0.05) is 46.8 Å². The summed E-state index contributed by atoms with van der Waals surface area (Å²) in [5.41, 5.74) is 8.82. The molecule has 0 fully saturated rings. The van der Waals surface area contributed by atoms with Crippen LogP contribution in [0.3, 0.4) is 0 Å². The fourth-order valence-corrected chi connectivity index (χ4v) is 6.84. The lowest BCUT2D eigenvalue weighted by Gasteiger charge is -2.38. The topological polar surface area (TPSA) is 143 Å². The number of nitrogens with zero attached hydrogens (tertiary/aromatic N) is 4. The number of nitrogens with two attached hydrogens (primary N) is 1. The molecule has 0 radical (unpaired) electrons. The molecule has 1 atom stereocenters. The van der Waals surface area contributed by atoms with E-state index in [9.17, 15) is 19.2 Å². The molecule has 5 rings (SSSR count). The Balaban J connectivity index is 1.38. The molecule has 2 heterocycles. The number of rotatable bonds is 8. The molecule has 1 amide bonds. The van der Waals surface area contributed by atoms with Gasteiger partial charge in [0.2, 0.25) is 11.0 Å². The van der Waals surface area contributed by atoms with Crippen LogP contribution in [0.4, 0.5) is 15.2 Å². The second kappa shape index (κ2) is 12.4. The van der Waals surface area contributed by atoms with Crippen LogP contribution in [0, 0.1) is 17.1 Å². The van der Waals surface area contributed by atoms with Crippen LogP contribution < -0.4 is 25.4 Å². The SMILES string of the molecule is COc1cc(OC)c(NC(=O)CSc2nnc(N3C(N)=C(C#N)C(c4ccc(F)cc4)C4=C3CCCC4=O)s2)cc1Cl. The fraction of sp³-hybridized carbons (Fsp3) is 0.250. The summed E-state index contributed by atoms with van der Waals surface area (Å²) in [6.07, 6.45) is 1.48. The Hall–Kier alpha value is -4.12. The number of hydrogen-bond acceptors (Lipinski definition) is 11. The van der Waals surface area contributed by atoms with Crippen LogP contribution in [0.25, 0.3) is 0 Å². The van der Waals surface area contributed by atoms with Gasteiger partial charge in [0.15, 0.2) is 10.1 Å². The van der Waals surface area contributed by atoms with Gasteiger partial charge in [-0.3, -0.25) is 14.5 Å². The molecule has 216 valence electrons. The van der Waals surface area contributed by atoms with Gasteiger partial charge < -0.3 is 20.5 Å². The first-order chi connectivity index (χ1) is 20.2. The largest absolute Gasteiger partial charge is 0.495 e. The number of ether oxygens (including phenoxy) is 2. The zero-order valence-corrected chi connectivity index (χ0v) is 24.8. The van der Waals surface area contributed by atoms with Crippen LogP contribution in [-0.4, -0.2) is 41.9 Å². The van der Waals surface area contributed by atoms with Crippen molar-refractivity contribution in [3.63, 3.8) is 0 Å². The maximum absolute atomic E-state index is 13.7. The van der Waals surface area contributed by atoms with Crippen LogP contribution in [0.5, 0.6) is 11.5 Å². The molecular weight excluding hydrogens is 603 g/mol. The number of Topliss-reactive ketones (excluding diaryl/α,β-unsaturated/α-hetero) is 1. The number of nitriles is 1. The quantitative estimate of drug-likeness (QED) is 0.313. The summed E-state index contributed by atoms with van der Waals surface area (Å²) in [7, 11) is 2.95. The number of ketones is 1. The highest BCUT2D eigenvalue weighted by Gasteiger charge is 2.41. The molecule has 2 aromatic carbocycles. The van der Waals surface area contributed by atoms with E-state index in [1.807, 2.05) is 0 Å². The lowest BCUT2D eigenvalue weighted by molar-refractivity contribution is -0.116. The number of hydrogen-bond donors (Lipinski definition) is 2. The van der Waals surface area contributed by atoms with Crippen molar-refractivity contribution in [2.24, 2.45) is 5.73 Å². The van der Waals surface area contributed by atoms with Crippen molar-refractivity contribution in [1.29, 1.82) is 5.26 Å². The van der Waals surface area contributed by atoms with Crippen molar-refractivity contribution in [3.05, 3.63) is 75.5 Å². The average Bonchev–Trinajstić information content (AvgIpc) is 3.45. The Bertz CT molecular complexity index is 1670. The standard InChI is InChI=1S/C28H24ClFN6O4S2/c1-39-21-11-22(40-2)18(10-17(21)29)33-23(38)13-41-28-35-34-27(42-28)36-19-4-3-5-20(37)25(19)24(16(12-31)26(36)32)14-6-8-15(30)9-7-14/h6-11,24H,3-5,13,32H2,1-2H3,(H,33,38). The highest BCUT2D eigenvalue weighted by molar-refractivity contribution is 8.01. The number of benzene rings is 2. The number of anilines is 2. The van der Waals surface area contributed by atoms with Crippen LogP contribution in [0.2, 0.25) is 5.02 Å². The van der Waals surface area contributed by atoms with Gasteiger partial charge in [0.05, 0.1) is 48.2 Å². The number of thioether (sulfide) groups is 1. The number of allylic oxidation sites excluding steroid dienone is 3. The zero-order valence-electron chi connectivity index (χ0n) is 22.4. The first-order valence-electron chi connectivity index (χ1n) is 12.6. The van der Waals surface area contributed by atoms with E-state index in [0.29, 0.717) is 67.8 Å². The van der Waals surface area contributed by atoms with E-state index in [2.05, 4.69) is 21.6 Å². The van der Waals surface area contributed by atoms with E-state index in [-0.39, 0.29) is 28.8 Å². The fourth-order valence-electron chi connectivity index (χ4n) is 4.92. The highest BCUT2D eigenvalue weighted by Crippen LogP contribution is 2.47. The summed E-state index contributed by atoms with van der Waals surface area (Å²) < 4.78 is 24.7. The number of amides is 1. The minimum absolute atomic E-state index is 0.00920. The van der Waals surface area contributed by atoms with Crippen molar-refractivity contribution >= 4 is 57.2 Å². The lowest BCUT2D eigenvalue weighted by atomic mass is 9.76. The first-order valence-corrected chi connectivity index (χ1v) is 14.8. The minimum atomic E-state index is -0.705. The summed E-state index contributed by atoms with van der Waals surface area (Å²) in [5.74, 6) is -0.609. The number of methoxy groups -OCH3 is 2. The Morgan fingerprint density at radius 3 is 2.67 bits per heavy atom. The van der Waals surface area contributed by atoms with Crippen LogP contribution >= 0.6 is 34.7 Å². The van der Waals surface area contributed by atoms with Gasteiger partial charge in [-0.05, 0) is 36.6 Å². The van der Waals surface area contributed by atoms with E-state index < -0.39 is 11.7 Å². The van der Waals surface area contributed by atoms with Crippen molar-refractivity contribution in [1.82, 2.24) is 10.2 Å². The van der Waals surface area contributed by atoms with Crippen molar-refractivity contribution in [3.8, 4) is 17.6 Å². The molecule has 0 spiro atoms. The molecule has 1 aliphatic carbocycles. The minimum Gasteiger partial charge on any atom is -0.495 e. The molecule has 0 saturated heterocycles.